The smallest absolute Gasteiger partial charge is 0.159 e. The molecule has 3 heteroatoms. The fourth-order valence-corrected chi connectivity index (χ4v) is 1.59. The van der Waals surface area contributed by atoms with Crippen LogP contribution >= 0.6 is 0 Å². The number of ketones is 1. The van der Waals surface area contributed by atoms with Gasteiger partial charge in [-0.25, -0.2) is 4.39 Å². The topological polar surface area (TPSA) is 20.3 Å². The highest BCUT2D eigenvalue weighted by atomic mass is 19.1. The molecule has 0 N–H and O–H groups in total. The summed E-state index contributed by atoms with van der Waals surface area (Å²) in [4.78, 5) is 13.7. The van der Waals surface area contributed by atoms with E-state index in [9.17, 15) is 9.18 Å². The SMILES string of the molecule is CC(CN(C)C)C(=O)C=Cc1cccc(F)c1. The second-order valence-corrected chi connectivity index (χ2v) is 4.45. The lowest BCUT2D eigenvalue weighted by Crippen LogP contribution is -2.24. The van der Waals surface area contributed by atoms with Crippen LogP contribution in [0.15, 0.2) is 30.3 Å². The summed E-state index contributed by atoms with van der Waals surface area (Å²) in [5.74, 6) is -0.279. The molecule has 1 aromatic rings. The zero-order valence-corrected chi connectivity index (χ0v) is 10.5. The Bertz CT molecular complexity index is 412. The van der Waals surface area contributed by atoms with Crippen molar-refractivity contribution in [2.45, 2.75) is 6.92 Å². The van der Waals surface area contributed by atoms with Crippen molar-refractivity contribution in [1.29, 1.82) is 0 Å². The number of hydrogen-bond donors (Lipinski definition) is 0. The van der Waals surface area contributed by atoms with Crippen molar-refractivity contribution in [3.05, 3.63) is 41.7 Å². The minimum absolute atomic E-state index is 0.0465. The third kappa shape index (κ3) is 4.91. The van der Waals surface area contributed by atoms with E-state index in [0.29, 0.717) is 12.1 Å². The van der Waals surface area contributed by atoms with Gasteiger partial charge in [-0.05, 0) is 37.9 Å². The van der Waals surface area contributed by atoms with Crippen LogP contribution in [0.5, 0.6) is 0 Å². The number of nitrogens with zero attached hydrogens (tertiary/aromatic N) is 1. The summed E-state index contributed by atoms with van der Waals surface area (Å²) in [6.07, 6.45) is 3.17. The predicted molar refractivity (Wildman–Crippen MR) is 68.2 cm³/mol. The van der Waals surface area contributed by atoms with Gasteiger partial charge in [0.25, 0.3) is 0 Å². The molecule has 0 radical (unpaired) electrons. The van der Waals surface area contributed by atoms with Crippen molar-refractivity contribution in [1.82, 2.24) is 4.90 Å². The van der Waals surface area contributed by atoms with E-state index in [0.717, 1.165) is 0 Å². The molecule has 1 aromatic carbocycles. The van der Waals surface area contributed by atoms with Crippen molar-refractivity contribution in [2.24, 2.45) is 5.92 Å². The minimum Gasteiger partial charge on any atom is -0.309 e. The Morgan fingerprint density at radius 1 is 1.47 bits per heavy atom. The van der Waals surface area contributed by atoms with E-state index < -0.39 is 0 Å². The fraction of sp³-hybridized carbons (Fsp3) is 0.357. The maximum Gasteiger partial charge on any atom is 0.159 e. The highest BCUT2D eigenvalue weighted by Crippen LogP contribution is 2.07. The predicted octanol–water partition coefficient (Wildman–Crippen LogP) is 2.61. The summed E-state index contributed by atoms with van der Waals surface area (Å²) in [5.41, 5.74) is 0.704. The molecule has 1 atom stereocenters. The van der Waals surface area contributed by atoms with Crippen LogP contribution in [0.3, 0.4) is 0 Å². The molecule has 0 aromatic heterocycles. The lowest BCUT2D eigenvalue weighted by atomic mass is 10.0. The molecule has 2 nitrogen and oxygen atoms in total. The summed E-state index contributed by atoms with van der Waals surface area (Å²) >= 11 is 0. The van der Waals surface area contributed by atoms with Crippen LogP contribution in [-0.2, 0) is 4.79 Å². The van der Waals surface area contributed by atoms with Gasteiger partial charge in [-0.3, -0.25) is 4.79 Å². The third-order valence-electron chi connectivity index (χ3n) is 2.41. The van der Waals surface area contributed by atoms with Gasteiger partial charge in [-0.15, -0.1) is 0 Å². The lowest BCUT2D eigenvalue weighted by molar-refractivity contribution is -0.118. The third-order valence-corrected chi connectivity index (χ3v) is 2.41. The van der Waals surface area contributed by atoms with Gasteiger partial charge >= 0.3 is 0 Å². The Morgan fingerprint density at radius 2 is 2.18 bits per heavy atom. The van der Waals surface area contributed by atoms with E-state index in [1.165, 1.54) is 18.2 Å². The van der Waals surface area contributed by atoms with Crippen LogP contribution in [0, 0.1) is 11.7 Å². The molecular weight excluding hydrogens is 217 g/mol. The van der Waals surface area contributed by atoms with Gasteiger partial charge in [0.05, 0.1) is 0 Å². The molecule has 0 amide bonds. The van der Waals surface area contributed by atoms with E-state index in [1.807, 2.05) is 25.9 Å². The first-order valence-electron chi connectivity index (χ1n) is 5.61. The quantitative estimate of drug-likeness (QED) is 0.731. The van der Waals surface area contributed by atoms with Crippen molar-refractivity contribution < 1.29 is 9.18 Å². The average molecular weight is 235 g/mol. The van der Waals surface area contributed by atoms with Gasteiger partial charge in [-0.1, -0.05) is 25.1 Å². The van der Waals surface area contributed by atoms with Gasteiger partial charge in [0, 0.05) is 12.5 Å². The number of hydrogen-bond acceptors (Lipinski definition) is 2. The summed E-state index contributed by atoms with van der Waals surface area (Å²) in [6.45, 7) is 2.60. The molecular formula is C14H18FNO. The first-order chi connectivity index (χ1) is 7.99. The summed E-state index contributed by atoms with van der Waals surface area (Å²) < 4.78 is 12.9. The van der Waals surface area contributed by atoms with Gasteiger partial charge in [-0.2, -0.15) is 0 Å². The number of rotatable bonds is 5. The monoisotopic (exact) mass is 235 g/mol. The van der Waals surface area contributed by atoms with E-state index in [4.69, 9.17) is 0 Å². The molecule has 0 spiro atoms. The maximum absolute atomic E-state index is 12.9. The number of benzene rings is 1. The molecule has 17 heavy (non-hydrogen) atoms. The van der Waals surface area contributed by atoms with Gasteiger partial charge in [0.1, 0.15) is 5.82 Å². The van der Waals surface area contributed by atoms with Crippen LogP contribution in [0.4, 0.5) is 4.39 Å². The molecule has 0 aliphatic heterocycles. The highest BCUT2D eigenvalue weighted by Gasteiger charge is 2.10. The number of carbonyl (C=O) groups excluding carboxylic acids is 1. The standard InChI is InChI=1S/C14H18FNO/c1-11(10-16(2)3)14(17)8-7-12-5-4-6-13(15)9-12/h4-9,11H,10H2,1-3H3. The van der Waals surface area contributed by atoms with Crippen molar-refractivity contribution in [3.8, 4) is 0 Å². The van der Waals surface area contributed by atoms with E-state index in [2.05, 4.69) is 0 Å². The lowest BCUT2D eigenvalue weighted by Gasteiger charge is -2.13. The van der Waals surface area contributed by atoms with Crippen LogP contribution in [-0.4, -0.2) is 31.3 Å². The molecule has 0 aliphatic rings. The first kappa shape index (κ1) is 13.6. The molecule has 0 saturated heterocycles. The maximum atomic E-state index is 12.9. The van der Waals surface area contributed by atoms with Crippen LogP contribution in [0.1, 0.15) is 12.5 Å². The Kier molecular flexibility index (Phi) is 5.04. The summed E-state index contributed by atoms with van der Waals surface area (Å²) in [6, 6.07) is 6.18. The zero-order chi connectivity index (χ0) is 12.8. The first-order valence-corrected chi connectivity index (χ1v) is 5.61. The Labute approximate surface area is 102 Å². The number of carbonyl (C=O) groups is 1. The van der Waals surface area contributed by atoms with Crippen LogP contribution in [0.2, 0.25) is 0 Å². The second kappa shape index (κ2) is 6.30. The summed E-state index contributed by atoms with van der Waals surface area (Å²) in [5, 5.41) is 0. The molecule has 0 fully saturated rings. The van der Waals surface area contributed by atoms with E-state index in [-0.39, 0.29) is 17.5 Å². The van der Waals surface area contributed by atoms with Crippen molar-refractivity contribution in [2.75, 3.05) is 20.6 Å². The van der Waals surface area contributed by atoms with Gasteiger partial charge in [0.15, 0.2) is 5.78 Å². The normalized spacial score (nSPS) is 13.2. The number of allylic oxidation sites excluding steroid dienone is 1. The highest BCUT2D eigenvalue weighted by molar-refractivity contribution is 5.95. The Hall–Kier alpha value is -1.48. The number of halogens is 1. The molecule has 92 valence electrons. The molecule has 0 heterocycles. The molecule has 0 saturated carbocycles. The van der Waals surface area contributed by atoms with E-state index >= 15 is 0 Å². The van der Waals surface area contributed by atoms with Gasteiger partial charge < -0.3 is 4.90 Å². The largest absolute Gasteiger partial charge is 0.309 e. The van der Waals surface area contributed by atoms with Crippen molar-refractivity contribution >= 4 is 11.9 Å². The molecule has 0 bridgehead atoms. The molecule has 1 rings (SSSR count). The second-order valence-electron chi connectivity index (χ2n) is 4.45. The van der Waals surface area contributed by atoms with Crippen molar-refractivity contribution in [3.63, 3.8) is 0 Å². The average Bonchev–Trinajstić information content (AvgIpc) is 2.25. The van der Waals surface area contributed by atoms with Crippen LogP contribution < -0.4 is 0 Å². The van der Waals surface area contributed by atoms with E-state index in [1.54, 1.807) is 18.2 Å². The Morgan fingerprint density at radius 3 is 2.76 bits per heavy atom. The van der Waals surface area contributed by atoms with Crippen LogP contribution in [0.25, 0.3) is 6.08 Å². The van der Waals surface area contributed by atoms with Gasteiger partial charge in [0.2, 0.25) is 0 Å². The molecule has 0 aliphatic carbocycles. The minimum atomic E-state index is -0.291. The fourth-order valence-electron chi connectivity index (χ4n) is 1.59. The summed E-state index contributed by atoms with van der Waals surface area (Å²) in [7, 11) is 3.86. The Balaban J connectivity index is 2.62. The zero-order valence-electron chi connectivity index (χ0n) is 10.5. The molecule has 1 unspecified atom stereocenters.